The predicted octanol–water partition coefficient (Wildman–Crippen LogP) is 4.66. The Bertz CT molecular complexity index is 1140. The van der Waals surface area contributed by atoms with Crippen LogP contribution in [0.1, 0.15) is 17.4 Å². The zero-order chi connectivity index (χ0) is 18.9. The minimum Gasteiger partial charge on any atom is -0.454 e. The molecule has 0 spiro atoms. The summed E-state index contributed by atoms with van der Waals surface area (Å²) in [5, 5.41) is 4.54. The Hall–Kier alpha value is -3.19. The van der Waals surface area contributed by atoms with Crippen LogP contribution in [0.2, 0.25) is 0 Å². The SMILES string of the molecule is CCc1cc2c(NCc3ccc4c(c3)OCO4)nc(-c3ccncc3)nc2s1. The molecule has 28 heavy (non-hydrogen) atoms. The first kappa shape index (κ1) is 16.9. The van der Waals surface area contributed by atoms with Crippen molar-refractivity contribution in [3.63, 3.8) is 0 Å². The molecule has 0 bridgehead atoms. The van der Waals surface area contributed by atoms with Gasteiger partial charge in [-0.1, -0.05) is 13.0 Å². The molecule has 1 aliphatic heterocycles. The number of ether oxygens (including phenoxy) is 2. The number of aryl methyl sites for hydroxylation is 1. The first-order valence-corrected chi connectivity index (χ1v) is 9.95. The molecule has 0 unspecified atom stereocenters. The summed E-state index contributed by atoms with van der Waals surface area (Å²) in [6, 6.07) is 12.0. The highest BCUT2D eigenvalue weighted by molar-refractivity contribution is 7.18. The topological polar surface area (TPSA) is 69.2 Å². The molecule has 1 aromatic carbocycles. The van der Waals surface area contributed by atoms with Gasteiger partial charge in [0.25, 0.3) is 0 Å². The minimum absolute atomic E-state index is 0.280. The number of thiophene rings is 1. The van der Waals surface area contributed by atoms with Crippen LogP contribution in [-0.2, 0) is 13.0 Å². The smallest absolute Gasteiger partial charge is 0.231 e. The fourth-order valence-corrected chi connectivity index (χ4v) is 4.11. The van der Waals surface area contributed by atoms with Gasteiger partial charge in [-0.15, -0.1) is 11.3 Å². The Morgan fingerprint density at radius 1 is 1.04 bits per heavy atom. The van der Waals surface area contributed by atoms with Crippen LogP contribution in [0.3, 0.4) is 0 Å². The van der Waals surface area contributed by atoms with Crippen LogP contribution in [-0.4, -0.2) is 21.7 Å². The molecule has 0 saturated heterocycles. The van der Waals surface area contributed by atoms with Crippen LogP contribution >= 0.6 is 11.3 Å². The number of benzene rings is 1. The molecule has 7 heteroatoms. The first-order chi connectivity index (χ1) is 13.8. The lowest BCUT2D eigenvalue weighted by atomic mass is 10.2. The Morgan fingerprint density at radius 3 is 2.75 bits per heavy atom. The molecule has 0 aliphatic carbocycles. The van der Waals surface area contributed by atoms with Crippen LogP contribution in [0.4, 0.5) is 5.82 Å². The molecule has 0 atom stereocenters. The van der Waals surface area contributed by atoms with Gasteiger partial charge in [-0.25, -0.2) is 9.97 Å². The van der Waals surface area contributed by atoms with E-state index < -0.39 is 0 Å². The summed E-state index contributed by atoms with van der Waals surface area (Å²) >= 11 is 1.71. The number of hydrogen-bond donors (Lipinski definition) is 1. The molecule has 140 valence electrons. The normalized spacial score (nSPS) is 12.5. The van der Waals surface area contributed by atoms with Crippen molar-refractivity contribution in [1.29, 1.82) is 0 Å². The highest BCUT2D eigenvalue weighted by Crippen LogP contribution is 2.34. The fraction of sp³-hybridized carbons (Fsp3) is 0.190. The van der Waals surface area contributed by atoms with Crippen molar-refractivity contribution in [2.24, 2.45) is 0 Å². The van der Waals surface area contributed by atoms with Gasteiger partial charge in [-0.2, -0.15) is 0 Å². The second-order valence-corrected chi connectivity index (χ2v) is 7.57. The molecule has 4 heterocycles. The maximum atomic E-state index is 5.48. The predicted molar refractivity (Wildman–Crippen MR) is 110 cm³/mol. The van der Waals surface area contributed by atoms with Gasteiger partial charge < -0.3 is 14.8 Å². The van der Waals surface area contributed by atoms with E-state index in [9.17, 15) is 0 Å². The van der Waals surface area contributed by atoms with Crippen molar-refractivity contribution in [3.8, 4) is 22.9 Å². The van der Waals surface area contributed by atoms with Crippen LogP contribution in [0.15, 0.2) is 48.8 Å². The zero-order valence-electron chi connectivity index (χ0n) is 15.3. The largest absolute Gasteiger partial charge is 0.454 e. The molecule has 1 N–H and O–H groups in total. The molecular formula is C21H18N4O2S. The van der Waals surface area contributed by atoms with Crippen molar-refractivity contribution in [3.05, 3.63) is 59.2 Å². The third-order valence-corrected chi connectivity index (χ3v) is 5.80. The van der Waals surface area contributed by atoms with Gasteiger partial charge in [0.2, 0.25) is 6.79 Å². The third-order valence-electron chi connectivity index (χ3n) is 4.63. The molecule has 3 aromatic heterocycles. The standard InChI is InChI=1S/C21H18N4O2S/c1-2-15-10-16-20(23-11-13-3-4-17-18(9-13)27-12-26-17)24-19(25-21(16)28-15)14-5-7-22-8-6-14/h3-10H,2,11-12H2,1H3,(H,23,24,25). The minimum atomic E-state index is 0.280. The lowest BCUT2D eigenvalue weighted by Gasteiger charge is -2.09. The second kappa shape index (κ2) is 7.09. The monoisotopic (exact) mass is 390 g/mol. The number of fused-ring (bicyclic) bond motifs is 2. The fourth-order valence-electron chi connectivity index (χ4n) is 3.15. The third kappa shape index (κ3) is 3.14. The molecule has 0 amide bonds. The maximum Gasteiger partial charge on any atom is 0.231 e. The summed E-state index contributed by atoms with van der Waals surface area (Å²) in [6.45, 7) is 3.07. The van der Waals surface area contributed by atoms with Crippen molar-refractivity contribution in [1.82, 2.24) is 15.0 Å². The number of nitrogens with zero attached hydrogens (tertiary/aromatic N) is 3. The lowest BCUT2D eigenvalue weighted by Crippen LogP contribution is -2.03. The van der Waals surface area contributed by atoms with Gasteiger partial charge in [0, 0.05) is 29.4 Å². The Labute approximate surface area is 166 Å². The summed E-state index contributed by atoms with van der Waals surface area (Å²) in [5.41, 5.74) is 2.06. The van der Waals surface area contributed by atoms with E-state index in [0.29, 0.717) is 12.4 Å². The zero-order valence-corrected chi connectivity index (χ0v) is 16.1. The van der Waals surface area contributed by atoms with E-state index in [4.69, 9.17) is 19.4 Å². The lowest BCUT2D eigenvalue weighted by molar-refractivity contribution is 0.174. The van der Waals surface area contributed by atoms with E-state index in [1.165, 1.54) is 4.88 Å². The van der Waals surface area contributed by atoms with E-state index in [1.54, 1.807) is 23.7 Å². The number of hydrogen-bond acceptors (Lipinski definition) is 7. The second-order valence-electron chi connectivity index (χ2n) is 6.46. The maximum absolute atomic E-state index is 5.48. The summed E-state index contributed by atoms with van der Waals surface area (Å²) in [4.78, 5) is 16.0. The van der Waals surface area contributed by atoms with Crippen LogP contribution in [0.25, 0.3) is 21.6 Å². The number of anilines is 1. The Kier molecular flexibility index (Phi) is 4.29. The number of nitrogens with one attached hydrogen (secondary N) is 1. The average molecular weight is 390 g/mol. The van der Waals surface area contributed by atoms with Gasteiger partial charge in [-0.05, 0) is 42.3 Å². The van der Waals surface area contributed by atoms with Crippen LogP contribution in [0.5, 0.6) is 11.5 Å². The quantitative estimate of drug-likeness (QED) is 0.535. The van der Waals surface area contributed by atoms with Gasteiger partial charge in [0.15, 0.2) is 17.3 Å². The molecule has 1 aliphatic rings. The van der Waals surface area contributed by atoms with Gasteiger partial charge in [0.05, 0.1) is 5.39 Å². The Morgan fingerprint density at radius 2 is 1.89 bits per heavy atom. The van der Waals surface area contributed by atoms with E-state index >= 15 is 0 Å². The molecule has 4 aromatic rings. The summed E-state index contributed by atoms with van der Waals surface area (Å²) in [6.07, 6.45) is 4.50. The molecular weight excluding hydrogens is 372 g/mol. The molecule has 5 rings (SSSR count). The Balaban J connectivity index is 1.50. The van der Waals surface area contributed by atoms with Crippen LogP contribution < -0.4 is 14.8 Å². The van der Waals surface area contributed by atoms with E-state index in [2.05, 4.69) is 23.3 Å². The number of rotatable bonds is 5. The van der Waals surface area contributed by atoms with Gasteiger partial charge in [0.1, 0.15) is 10.6 Å². The molecule has 6 nitrogen and oxygen atoms in total. The average Bonchev–Trinajstić information content (AvgIpc) is 3.38. The molecule has 0 radical (unpaired) electrons. The van der Waals surface area contributed by atoms with Crippen molar-refractivity contribution >= 4 is 27.4 Å². The highest BCUT2D eigenvalue weighted by atomic mass is 32.1. The van der Waals surface area contributed by atoms with Gasteiger partial charge in [-0.3, -0.25) is 4.98 Å². The number of aromatic nitrogens is 3. The first-order valence-electron chi connectivity index (χ1n) is 9.13. The highest BCUT2D eigenvalue weighted by Gasteiger charge is 2.15. The molecule has 0 saturated carbocycles. The molecule has 0 fully saturated rings. The van der Waals surface area contributed by atoms with E-state index in [1.807, 2.05) is 30.3 Å². The van der Waals surface area contributed by atoms with E-state index in [0.717, 1.165) is 45.1 Å². The van der Waals surface area contributed by atoms with Crippen molar-refractivity contribution in [2.75, 3.05) is 12.1 Å². The van der Waals surface area contributed by atoms with E-state index in [-0.39, 0.29) is 6.79 Å². The van der Waals surface area contributed by atoms with Crippen molar-refractivity contribution in [2.45, 2.75) is 19.9 Å². The summed E-state index contributed by atoms with van der Waals surface area (Å²) in [7, 11) is 0. The number of pyridine rings is 1. The van der Waals surface area contributed by atoms with Crippen molar-refractivity contribution < 1.29 is 9.47 Å². The van der Waals surface area contributed by atoms with Crippen LogP contribution in [0, 0.1) is 0 Å². The van der Waals surface area contributed by atoms with Gasteiger partial charge >= 0.3 is 0 Å². The summed E-state index contributed by atoms with van der Waals surface area (Å²) < 4.78 is 10.9. The summed E-state index contributed by atoms with van der Waals surface area (Å²) in [5.74, 6) is 3.12.